The number of carbonyl (C=O) groups excluding carboxylic acids is 2. The fourth-order valence-electron chi connectivity index (χ4n) is 3.82. The molecule has 11 heteroatoms. The van der Waals surface area contributed by atoms with Crippen molar-refractivity contribution < 1.29 is 14.3 Å². The summed E-state index contributed by atoms with van der Waals surface area (Å²) in [6.45, 7) is 2.20. The first kappa shape index (κ1) is 22.6. The SMILES string of the molecule is COc1ccc(Cl)cc1-n1c(SCC(=O)NC(N)=O)nc2sc3c(c2c1=O)CC[C@H](C)C3. The summed E-state index contributed by atoms with van der Waals surface area (Å²) in [5.74, 6) is 0.267. The predicted molar refractivity (Wildman–Crippen MR) is 126 cm³/mol. The van der Waals surface area contributed by atoms with Gasteiger partial charge in [0, 0.05) is 9.90 Å². The number of urea groups is 1. The Morgan fingerprint density at radius 3 is 2.94 bits per heavy atom. The summed E-state index contributed by atoms with van der Waals surface area (Å²) < 4.78 is 6.90. The molecule has 0 saturated heterocycles. The van der Waals surface area contributed by atoms with Crippen molar-refractivity contribution in [3.05, 3.63) is 44.0 Å². The molecule has 8 nitrogen and oxygen atoms in total. The Morgan fingerprint density at radius 2 is 2.22 bits per heavy atom. The Morgan fingerprint density at radius 1 is 1.44 bits per heavy atom. The molecule has 3 aromatic rings. The van der Waals surface area contributed by atoms with E-state index in [0.717, 1.165) is 36.6 Å². The van der Waals surface area contributed by atoms with E-state index in [0.29, 0.717) is 37.8 Å². The number of benzene rings is 1. The maximum Gasteiger partial charge on any atom is 0.318 e. The zero-order chi connectivity index (χ0) is 23.0. The number of nitrogens with zero attached hydrogens (tertiary/aromatic N) is 2. The summed E-state index contributed by atoms with van der Waals surface area (Å²) in [5.41, 5.74) is 6.27. The lowest BCUT2D eigenvalue weighted by Crippen LogP contribution is -2.36. The van der Waals surface area contributed by atoms with Gasteiger partial charge in [0.1, 0.15) is 10.6 Å². The fraction of sp³-hybridized carbons (Fsp3) is 0.333. The third kappa shape index (κ3) is 4.35. The summed E-state index contributed by atoms with van der Waals surface area (Å²) >= 11 is 8.79. The Kier molecular flexibility index (Phi) is 6.45. The lowest BCUT2D eigenvalue weighted by atomic mass is 9.89. The number of halogens is 1. The van der Waals surface area contributed by atoms with Crippen molar-refractivity contribution in [3.63, 3.8) is 0 Å². The lowest BCUT2D eigenvalue weighted by Gasteiger charge is -2.18. The average Bonchev–Trinajstić information content (AvgIpc) is 3.09. The molecule has 168 valence electrons. The first-order valence-electron chi connectivity index (χ1n) is 9.91. The third-order valence-corrected chi connectivity index (χ3v) is 7.60. The number of nitrogens with two attached hydrogens (primary N) is 1. The molecule has 2 aromatic heterocycles. The van der Waals surface area contributed by atoms with E-state index < -0.39 is 11.9 Å². The number of hydrogen-bond acceptors (Lipinski definition) is 7. The van der Waals surface area contributed by atoms with E-state index in [1.54, 1.807) is 18.2 Å². The van der Waals surface area contributed by atoms with E-state index in [-0.39, 0.29) is 11.3 Å². The number of imide groups is 1. The molecular formula is C21H21ClN4O4S2. The summed E-state index contributed by atoms with van der Waals surface area (Å²) in [5, 5.41) is 3.35. The van der Waals surface area contributed by atoms with Gasteiger partial charge in [-0.25, -0.2) is 9.78 Å². The van der Waals surface area contributed by atoms with Crippen molar-refractivity contribution >= 4 is 56.9 Å². The van der Waals surface area contributed by atoms with Crippen LogP contribution in [0.15, 0.2) is 28.2 Å². The number of rotatable bonds is 5. The highest BCUT2D eigenvalue weighted by Gasteiger charge is 2.26. The quantitative estimate of drug-likeness (QED) is 0.415. The minimum atomic E-state index is -0.937. The summed E-state index contributed by atoms with van der Waals surface area (Å²) in [7, 11) is 1.50. The molecule has 0 radical (unpaired) electrons. The number of nitrogens with one attached hydrogen (secondary N) is 1. The highest BCUT2D eigenvalue weighted by Crippen LogP contribution is 2.37. The molecule has 1 aliphatic carbocycles. The largest absolute Gasteiger partial charge is 0.495 e. The minimum absolute atomic E-state index is 0.147. The third-order valence-electron chi connectivity index (χ3n) is 5.28. The predicted octanol–water partition coefficient (Wildman–Crippen LogP) is 3.52. The van der Waals surface area contributed by atoms with Gasteiger partial charge in [0.15, 0.2) is 5.16 Å². The number of carbonyl (C=O) groups is 2. The zero-order valence-electron chi connectivity index (χ0n) is 17.4. The molecule has 0 saturated carbocycles. The van der Waals surface area contributed by atoms with Gasteiger partial charge in [-0.1, -0.05) is 30.3 Å². The summed E-state index contributed by atoms with van der Waals surface area (Å²) in [4.78, 5) is 43.4. The molecule has 1 aromatic carbocycles. The van der Waals surface area contributed by atoms with Gasteiger partial charge < -0.3 is 10.5 Å². The van der Waals surface area contributed by atoms with Gasteiger partial charge in [-0.05, 0) is 48.9 Å². The zero-order valence-corrected chi connectivity index (χ0v) is 19.8. The first-order valence-corrected chi connectivity index (χ1v) is 12.1. The van der Waals surface area contributed by atoms with Gasteiger partial charge in [0.05, 0.1) is 23.9 Å². The average molecular weight is 493 g/mol. The van der Waals surface area contributed by atoms with Crippen LogP contribution in [0.2, 0.25) is 5.02 Å². The first-order chi connectivity index (χ1) is 15.3. The monoisotopic (exact) mass is 492 g/mol. The van der Waals surface area contributed by atoms with Crippen molar-refractivity contribution in [1.82, 2.24) is 14.9 Å². The molecule has 0 fully saturated rings. The fourth-order valence-corrected chi connectivity index (χ4v) is 6.22. The van der Waals surface area contributed by atoms with Crippen molar-refractivity contribution in [2.45, 2.75) is 31.3 Å². The number of thioether (sulfide) groups is 1. The van der Waals surface area contributed by atoms with E-state index in [9.17, 15) is 14.4 Å². The van der Waals surface area contributed by atoms with Crippen molar-refractivity contribution in [2.24, 2.45) is 11.7 Å². The van der Waals surface area contributed by atoms with Gasteiger partial charge in [0.25, 0.3) is 5.56 Å². The van der Waals surface area contributed by atoms with E-state index >= 15 is 0 Å². The topological polar surface area (TPSA) is 116 Å². The second kappa shape index (κ2) is 9.13. The molecule has 1 aliphatic rings. The van der Waals surface area contributed by atoms with Crippen LogP contribution in [-0.2, 0) is 17.6 Å². The van der Waals surface area contributed by atoms with Gasteiger partial charge in [-0.15, -0.1) is 11.3 Å². The highest BCUT2D eigenvalue weighted by molar-refractivity contribution is 7.99. The van der Waals surface area contributed by atoms with Crippen LogP contribution in [0.1, 0.15) is 23.8 Å². The number of aryl methyl sites for hydroxylation is 1. The number of methoxy groups -OCH3 is 1. The van der Waals surface area contributed by atoms with Gasteiger partial charge in [0.2, 0.25) is 5.91 Å². The number of aromatic nitrogens is 2. The van der Waals surface area contributed by atoms with Gasteiger partial charge in [-0.2, -0.15) is 0 Å². The van der Waals surface area contributed by atoms with Crippen molar-refractivity contribution in [3.8, 4) is 11.4 Å². The maximum absolute atomic E-state index is 13.8. The van der Waals surface area contributed by atoms with Crippen LogP contribution in [0.4, 0.5) is 4.79 Å². The summed E-state index contributed by atoms with van der Waals surface area (Å²) in [6, 6.07) is 4.03. The van der Waals surface area contributed by atoms with E-state index in [1.807, 2.05) is 5.32 Å². The summed E-state index contributed by atoms with van der Waals surface area (Å²) in [6.07, 6.45) is 2.76. The smallest absolute Gasteiger partial charge is 0.318 e. The molecule has 2 heterocycles. The Labute approximate surface area is 197 Å². The Bertz CT molecular complexity index is 1290. The molecule has 0 aliphatic heterocycles. The Hall–Kier alpha value is -2.56. The number of thiophene rings is 1. The number of ether oxygens (including phenoxy) is 1. The maximum atomic E-state index is 13.8. The van der Waals surface area contributed by atoms with E-state index in [1.165, 1.54) is 27.9 Å². The van der Waals surface area contributed by atoms with Crippen molar-refractivity contribution in [2.75, 3.05) is 12.9 Å². The second-order valence-corrected chi connectivity index (χ2v) is 10.0. The van der Waals surface area contributed by atoms with Crippen LogP contribution in [0.25, 0.3) is 15.9 Å². The van der Waals surface area contributed by atoms with Crippen molar-refractivity contribution in [1.29, 1.82) is 0 Å². The van der Waals surface area contributed by atoms with Crippen LogP contribution >= 0.6 is 34.7 Å². The van der Waals surface area contributed by atoms with E-state index in [4.69, 9.17) is 27.1 Å². The van der Waals surface area contributed by atoms with Crippen LogP contribution < -0.4 is 21.3 Å². The second-order valence-electron chi connectivity index (χ2n) is 7.58. The molecule has 4 rings (SSSR count). The lowest BCUT2D eigenvalue weighted by molar-refractivity contribution is -0.117. The highest BCUT2D eigenvalue weighted by atomic mass is 35.5. The number of fused-ring (bicyclic) bond motifs is 3. The molecule has 3 amide bonds. The van der Waals surface area contributed by atoms with Crippen LogP contribution in [0, 0.1) is 5.92 Å². The minimum Gasteiger partial charge on any atom is -0.495 e. The molecule has 0 spiro atoms. The normalized spacial score (nSPS) is 15.4. The number of amides is 3. The number of hydrogen-bond donors (Lipinski definition) is 2. The van der Waals surface area contributed by atoms with Gasteiger partial charge >= 0.3 is 6.03 Å². The van der Waals surface area contributed by atoms with E-state index in [2.05, 4.69) is 6.92 Å². The Balaban J connectivity index is 1.91. The molecule has 1 atom stereocenters. The number of primary amides is 1. The molecule has 0 bridgehead atoms. The van der Waals surface area contributed by atoms with Crippen LogP contribution in [-0.4, -0.2) is 34.4 Å². The van der Waals surface area contributed by atoms with Crippen LogP contribution in [0.5, 0.6) is 5.75 Å². The van der Waals surface area contributed by atoms with Crippen LogP contribution in [0.3, 0.4) is 0 Å². The van der Waals surface area contributed by atoms with Gasteiger partial charge in [-0.3, -0.25) is 19.5 Å². The molecule has 32 heavy (non-hydrogen) atoms. The molecular weight excluding hydrogens is 472 g/mol. The molecule has 0 unspecified atom stereocenters. The molecule has 3 N–H and O–H groups in total. The standard InChI is InChI=1S/C21H21ClN4O4S2/c1-10-3-5-12-15(7-10)32-18-17(12)19(28)26(13-8-11(22)4-6-14(13)30-2)21(25-18)31-9-16(27)24-20(23)29/h4,6,8,10H,3,5,7,9H2,1-2H3,(H3,23,24,27,29)/t10-/m0/s1.